The molecule has 0 saturated carbocycles. The second-order valence-electron chi connectivity index (χ2n) is 5.94. The smallest absolute Gasteiger partial charge is 0.269 e. The van der Waals surface area contributed by atoms with Crippen LogP contribution in [0.2, 0.25) is 0 Å². The fourth-order valence-electron chi connectivity index (χ4n) is 2.99. The summed E-state index contributed by atoms with van der Waals surface area (Å²) in [5.74, 6) is 0.401. The van der Waals surface area contributed by atoms with Gasteiger partial charge >= 0.3 is 0 Å². The van der Waals surface area contributed by atoms with Crippen molar-refractivity contribution < 1.29 is 4.79 Å². The summed E-state index contributed by atoms with van der Waals surface area (Å²) in [6, 6.07) is 5.69. The van der Waals surface area contributed by atoms with Gasteiger partial charge in [0.2, 0.25) is 0 Å². The maximum atomic E-state index is 12.7. The molecule has 1 atom stereocenters. The Morgan fingerprint density at radius 1 is 1.19 bits per heavy atom. The van der Waals surface area contributed by atoms with E-state index in [2.05, 4.69) is 30.5 Å². The van der Waals surface area contributed by atoms with Gasteiger partial charge in [0.25, 0.3) is 5.91 Å². The van der Waals surface area contributed by atoms with E-state index in [0.717, 1.165) is 17.7 Å². The van der Waals surface area contributed by atoms with Crippen LogP contribution in [0.1, 0.15) is 11.4 Å². The maximum Gasteiger partial charge on any atom is 0.269 e. The normalized spacial score (nSPS) is 17.8. The van der Waals surface area contributed by atoms with E-state index in [1.54, 1.807) is 24.7 Å². The van der Waals surface area contributed by atoms with Crippen molar-refractivity contribution in [2.45, 2.75) is 19.1 Å². The first kappa shape index (κ1) is 16.0. The van der Waals surface area contributed by atoms with Crippen LogP contribution in [0.5, 0.6) is 0 Å². The van der Waals surface area contributed by atoms with Crippen LogP contribution in [-0.4, -0.2) is 31.9 Å². The number of aromatic nitrogens is 3. The molecule has 0 aliphatic carbocycles. The summed E-state index contributed by atoms with van der Waals surface area (Å²) in [6.45, 7) is 0.283. The molecule has 1 amide bonds. The van der Waals surface area contributed by atoms with Crippen molar-refractivity contribution in [1.82, 2.24) is 30.5 Å². The molecule has 4 rings (SSSR count). The van der Waals surface area contributed by atoms with Gasteiger partial charge in [-0.05, 0) is 29.8 Å². The van der Waals surface area contributed by atoms with Gasteiger partial charge in [-0.25, -0.2) is 9.97 Å². The van der Waals surface area contributed by atoms with E-state index in [0.29, 0.717) is 11.5 Å². The SMILES string of the molecule is O=C(NCc1ncccn1)C1=C2C=CC=CN2C(Cc2cccnc2)N1. The molecule has 0 fully saturated rings. The Labute approximate surface area is 151 Å². The zero-order valence-electron chi connectivity index (χ0n) is 14.0. The summed E-state index contributed by atoms with van der Waals surface area (Å²) >= 11 is 0. The zero-order chi connectivity index (χ0) is 17.8. The lowest BCUT2D eigenvalue weighted by molar-refractivity contribution is -0.118. The zero-order valence-corrected chi connectivity index (χ0v) is 14.0. The molecule has 26 heavy (non-hydrogen) atoms. The quantitative estimate of drug-likeness (QED) is 0.848. The number of carbonyl (C=O) groups excluding carboxylic acids is 1. The number of nitrogens with one attached hydrogen (secondary N) is 2. The van der Waals surface area contributed by atoms with Crippen LogP contribution in [0.4, 0.5) is 0 Å². The van der Waals surface area contributed by atoms with Gasteiger partial charge in [0, 0.05) is 37.4 Å². The Bertz CT molecular complexity index is 875. The summed E-state index contributed by atoms with van der Waals surface area (Å²) in [5, 5.41) is 6.22. The molecular formula is C19H18N6O. The highest BCUT2D eigenvalue weighted by atomic mass is 16.2. The average molecular weight is 346 g/mol. The molecule has 7 nitrogen and oxygen atoms in total. The van der Waals surface area contributed by atoms with Gasteiger partial charge in [-0.2, -0.15) is 0 Å². The van der Waals surface area contributed by atoms with Crippen molar-refractivity contribution in [2.24, 2.45) is 0 Å². The van der Waals surface area contributed by atoms with E-state index >= 15 is 0 Å². The van der Waals surface area contributed by atoms with Gasteiger partial charge in [-0.1, -0.05) is 12.1 Å². The number of hydrogen-bond acceptors (Lipinski definition) is 6. The molecule has 2 N–H and O–H groups in total. The molecule has 2 aliphatic heterocycles. The molecule has 2 aliphatic rings. The van der Waals surface area contributed by atoms with E-state index < -0.39 is 0 Å². The van der Waals surface area contributed by atoms with Gasteiger partial charge in [0.05, 0.1) is 12.2 Å². The molecule has 130 valence electrons. The van der Waals surface area contributed by atoms with Gasteiger partial charge in [-0.15, -0.1) is 0 Å². The predicted molar refractivity (Wildman–Crippen MR) is 95.9 cm³/mol. The first-order chi connectivity index (χ1) is 12.8. The number of rotatable bonds is 5. The van der Waals surface area contributed by atoms with Crippen LogP contribution in [0.25, 0.3) is 0 Å². The lowest BCUT2D eigenvalue weighted by Gasteiger charge is -2.25. The fourth-order valence-corrected chi connectivity index (χ4v) is 2.99. The highest BCUT2D eigenvalue weighted by Crippen LogP contribution is 2.26. The van der Waals surface area contributed by atoms with Crippen molar-refractivity contribution >= 4 is 5.91 Å². The summed E-state index contributed by atoms with van der Waals surface area (Å²) in [4.78, 5) is 27.2. The summed E-state index contributed by atoms with van der Waals surface area (Å²) < 4.78 is 0. The Balaban J connectivity index is 1.49. The molecule has 0 bridgehead atoms. The predicted octanol–water partition coefficient (Wildman–Crippen LogP) is 1.26. The molecular weight excluding hydrogens is 328 g/mol. The fraction of sp³-hybridized carbons (Fsp3) is 0.158. The Kier molecular flexibility index (Phi) is 4.42. The third-order valence-corrected chi connectivity index (χ3v) is 4.20. The molecule has 2 aromatic heterocycles. The number of nitrogens with zero attached hydrogens (tertiary/aromatic N) is 4. The van der Waals surface area contributed by atoms with Crippen LogP contribution in [-0.2, 0) is 17.8 Å². The van der Waals surface area contributed by atoms with Crippen molar-refractivity contribution in [3.05, 3.63) is 90.2 Å². The Morgan fingerprint density at radius 2 is 2.08 bits per heavy atom. The first-order valence-corrected chi connectivity index (χ1v) is 8.38. The largest absolute Gasteiger partial charge is 0.358 e. The van der Waals surface area contributed by atoms with Crippen molar-refractivity contribution in [1.29, 1.82) is 0 Å². The Hall–Kier alpha value is -3.48. The van der Waals surface area contributed by atoms with E-state index in [4.69, 9.17) is 0 Å². The molecule has 0 saturated heterocycles. The van der Waals surface area contributed by atoms with E-state index in [1.165, 1.54) is 0 Å². The molecule has 4 heterocycles. The van der Waals surface area contributed by atoms with E-state index in [1.807, 2.05) is 42.8 Å². The second kappa shape index (κ2) is 7.18. The summed E-state index contributed by atoms with van der Waals surface area (Å²) in [7, 11) is 0. The standard InChI is InChI=1S/C19H18N6O/c26-19(23-13-16-21-8-4-9-22-16)18-15-6-1-2-10-25(15)17(24-18)11-14-5-3-7-20-12-14/h1-10,12,17,24H,11,13H2,(H,23,26). The molecule has 0 aromatic carbocycles. The topological polar surface area (TPSA) is 83.0 Å². The van der Waals surface area contributed by atoms with Crippen molar-refractivity contribution in [3.8, 4) is 0 Å². The third kappa shape index (κ3) is 3.32. The minimum atomic E-state index is -0.175. The van der Waals surface area contributed by atoms with Crippen LogP contribution in [0.15, 0.2) is 78.8 Å². The summed E-state index contributed by atoms with van der Waals surface area (Å²) in [5.41, 5.74) is 2.51. The summed E-state index contributed by atoms with van der Waals surface area (Å²) in [6.07, 6.45) is 15.4. The Morgan fingerprint density at radius 3 is 2.88 bits per heavy atom. The van der Waals surface area contributed by atoms with Gasteiger partial charge in [0.15, 0.2) is 0 Å². The number of hydrogen-bond donors (Lipinski definition) is 2. The van der Waals surface area contributed by atoms with Crippen LogP contribution in [0, 0.1) is 0 Å². The minimum Gasteiger partial charge on any atom is -0.358 e. The number of allylic oxidation sites excluding steroid dienone is 3. The van der Waals surface area contributed by atoms with Crippen LogP contribution in [0.3, 0.4) is 0 Å². The van der Waals surface area contributed by atoms with Gasteiger partial charge < -0.3 is 15.5 Å². The number of amides is 1. The highest BCUT2D eigenvalue weighted by Gasteiger charge is 2.32. The van der Waals surface area contributed by atoms with Crippen LogP contribution >= 0.6 is 0 Å². The monoisotopic (exact) mass is 346 g/mol. The highest BCUT2D eigenvalue weighted by molar-refractivity contribution is 5.94. The number of pyridine rings is 1. The molecule has 0 spiro atoms. The maximum absolute atomic E-state index is 12.7. The lowest BCUT2D eigenvalue weighted by atomic mass is 10.1. The van der Waals surface area contributed by atoms with Gasteiger partial charge in [0.1, 0.15) is 17.7 Å². The number of fused-ring (bicyclic) bond motifs is 1. The number of carbonyl (C=O) groups is 1. The van der Waals surface area contributed by atoms with Gasteiger partial charge in [-0.3, -0.25) is 9.78 Å². The third-order valence-electron chi connectivity index (χ3n) is 4.20. The molecule has 7 heteroatoms. The molecule has 0 radical (unpaired) electrons. The van der Waals surface area contributed by atoms with Crippen LogP contribution < -0.4 is 10.6 Å². The van der Waals surface area contributed by atoms with E-state index in [9.17, 15) is 4.79 Å². The first-order valence-electron chi connectivity index (χ1n) is 8.38. The molecule has 2 aromatic rings. The average Bonchev–Trinajstić information content (AvgIpc) is 3.06. The minimum absolute atomic E-state index is 0.0378. The van der Waals surface area contributed by atoms with Crippen molar-refractivity contribution in [3.63, 3.8) is 0 Å². The lowest BCUT2D eigenvalue weighted by Crippen LogP contribution is -2.38. The van der Waals surface area contributed by atoms with Crippen molar-refractivity contribution in [2.75, 3.05) is 0 Å². The molecule has 1 unspecified atom stereocenters. The second-order valence-corrected chi connectivity index (χ2v) is 5.94. The van der Waals surface area contributed by atoms with E-state index in [-0.39, 0.29) is 18.6 Å².